The van der Waals surface area contributed by atoms with Crippen LogP contribution in [0.2, 0.25) is 0 Å². The Balaban J connectivity index is 2.06. The second kappa shape index (κ2) is 4.39. The van der Waals surface area contributed by atoms with Gasteiger partial charge in [0.15, 0.2) is 0 Å². The van der Waals surface area contributed by atoms with Gasteiger partial charge in [0.1, 0.15) is 0 Å². The van der Waals surface area contributed by atoms with Crippen molar-refractivity contribution in [1.29, 1.82) is 0 Å². The zero-order valence-corrected chi connectivity index (χ0v) is 8.52. The van der Waals surface area contributed by atoms with E-state index in [2.05, 4.69) is 15.5 Å². The number of nitrogens with zero attached hydrogens (tertiary/aromatic N) is 2. The second-order valence-corrected chi connectivity index (χ2v) is 3.37. The van der Waals surface area contributed by atoms with E-state index in [0.29, 0.717) is 12.5 Å². The molecule has 1 N–H and O–H groups in total. The smallest absolute Gasteiger partial charge is 0.379 e. The maximum atomic E-state index is 11.3. The highest BCUT2D eigenvalue weighted by molar-refractivity contribution is 5.84. The molecule has 0 saturated carbocycles. The Hall–Kier alpha value is -1.43. The van der Waals surface area contributed by atoms with Gasteiger partial charge in [-0.05, 0) is 25.0 Å². The van der Waals surface area contributed by atoms with Crippen LogP contribution >= 0.6 is 0 Å². The molecule has 6 heteroatoms. The van der Waals surface area contributed by atoms with Crippen LogP contribution in [0.3, 0.4) is 0 Å². The summed E-state index contributed by atoms with van der Waals surface area (Å²) < 4.78 is 9.78. The third kappa shape index (κ3) is 2.15. The zero-order valence-electron chi connectivity index (χ0n) is 8.52. The molecular formula is C9H13N3O3. The summed E-state index contributed by atoms with van der Waals surface area (Å²) in [5.41, 5.74) is 0. The van der Waals surface area contributed by atoms with Crippen molar-refractivity contribution in [2.45, 2.75) is 19.3 Å². The highest BCUT2D eigenvalue weighted by Crippen LogP contribution is 2.20. The summed E-state index contributed by atoms with van der Waals surface area (Å²) in [6.07, 6.45) is 0.963. The van der Waals surface area contributed by atoms with Gasteiger partial charge in [0.25, 0.3) is 5.82 Å². The molecule has 0 bridgehead atoms. The van der Waals surface area contributed by atoms with Crippen molar-refractivity contribution >= 4 is 5.97 Å². The fourth-order valence-electron chi connectivity index (χ4n) is 1.55. The van der Waals surface area contributed by atoms with Crippen LogP contribution in [0.25, 0.3) is 0 Å². The molecule has 1 aromatic rings. The second-order valence-electron chi connectivity index (χ2n) is 3.37. The lowest BCUT2D eigenvalue weighted by Gasteiger charge is -1.98. The number of carbonyl (C=O) groups is 1. The first-order valence-electron chi connectivity index (χ1n) is 5.02. The minimum atomic E-state index is -0.529. The number of hydrogen-bond donors (Lipinski definition) is 1. The molecule has 1 unspecified atom stereocenters. The maximum absolute atomic E-state index is 11.3. The van der Waals surface area contributed by atoms with Crippen LogP contribution < -0.4 is 5.32 Å². The van der Waals surface area contributed by atoms with E-state index in [1.54, 1.807) is 6.92 Å². The van der Waals surface area contributed by atoms with E-state index in [4.69, 9.17) is 9.26 Å². The fourth-order valence-corrected chi connectivity index (χ4v) is 1.55. The lowest BCUT2D eigenvalue weighted by Crippen LogP contribution is -2.09. The van der Waals surface area contributed by atoms with Gasteiger partial charge >= 0.3 is 5.97 Å². The van der Waals surface area contributed by atoms with Crippen LogP contribution in [0.5, 0.6) is 0 Å². The Morgan fingerprint density at radius 1 is 1.73 bits per heavy atom. The van der Waals surface area contributed by atoms with Gasteiger partial charge in [-0.25, -0.2) is 4.79 Å². The molecule has 82 valence electrons. The van der Waals surface area contributed by atoms with Gasteiger partial charge < -0.3 is 14.6 Å². The lowest BCUT2D eigenvalue weighted by atomic mass is 10.1. The average molecular weight is 211 g/mol. The molecule has 6 nitrogen and oxygen atoms in total. The Kier molecular flexibility index (Phi) is 2.96. The summed E-state index contributed by atoms with van der Waals surface area (Å²) in [7, 11) is 0. The van der Waals surface area contributed by atoms with E-state index in [0.717, 1.165) is 19.5 Å². The molecular weight excluding hydrogens is 198 g/mol. The normalized spacial score (nSPS) is 20.5. The Morgan fingerprint density at radius 3 is 3.27 bits per heavy atom. The van der Waals surface area contributed by atoms with Crippen molar-refractivity contribution in [2.75, 3.05) is 19.7 Å². The lowest BCUT2D eigenvalue weighted by molar-refractivity contribution is 0.0508. The molecule has 1 fully saturated rings. The molecule has 0 aliphatic carbocycles. The van der Waals surface area contributed by atoms with Gasteiger partial charge in [0.05, 0.1) is 12.5 Å². The predicted molar refractivity (Wildman–Crippen MR) is 50.5 cm³/mol. The molecule has 1 aliphatic heterocycles. The van der Waals surface area contributed by atoms with Gasteiger partial charge in [-0.1, -0.05) is 0 Å². The first-order valence-corrected chi connectivity index (χ1v) is 5.02. The van der Waals surface area contributed by atoms with Gasteiger partial charge in [0.2, 0.25) is 5.89 Å². The van der Waals surface area contributed by atoms with Crippen LogP contribution in [0.4, 0.5) is 0 Å². The monoisotopic (exact) mass is 211 g/mol. The number of nitrogens with one attached hydrogen (secondary N) is 1. The minimum absolute atomic E-state index is 0.0127. The highest BCUT2D eigenvalue weighted by atomic mass is 16.5. The summed E-state index contributed by atoms with van der Waals surface area (Å²) in [6, 6.07) is 0. The van der Waals surface area contributed by atoms with Crippen LogP contribution in [-0.2, 0) is 4.74 Å². The molecule has 1 aromatic heterocycles. The quantitative estimate of drug-likeness (QED) is 0.726. The topological polar surface area (TPSA) is 77.2 Å². The zero-order chi connectivity index (χ0) is 10.7. The molecule has 15 heavy (non-hydrogen) atoms. The summed E-state index contributed by atoms with van der Waals surface area (Å²) >= 11 is 0. The van der Waals surface area contributed by atoms with Crippen molar-refractivity contribution in [3.05, 3.63) is 11.7 Å². The van der Waals surface area contributed by atoms with Crippen LogP contribution in [0, 0.1) is 0 Å². The third-order valence-corrected chi connectivity index (χ3v) is 2.31. The molecule has 1 aliphatic rings. The average Bonchev–Trinajstić information content (AvgIpc) is 2.89. The molecule has 1 saturated heterocycles. The molecule has 2 heterocycles. The summed E-state index contributed by atoms with van der Waals surface area (Å²) in [6.45, 7) is 3.82. The number of rotatable bonds is 3. The van der Waals surface area contributed by atoms with Gasteiger partial charge in [0, 0.05) is 6.54 Å². The third-order valence-electron chi connectivity index (χ3n) is 2.31. The van der Waals surface area contributed by atoms with Crippen molar-refractivity contribution in [1.82, 2.24) is 15.5 Å². The van der Waals surface area contributed by atoms with E-state index in [1.807, 2.05) is 0 Å². The first-order chi connectivity index (χ1) is 7.31. The molecule has 2 rings (SSSR count). The molecule has 0 radical (unpaired) electrons. The number of carbonyl (C=O) groups excluding carboxylic acids is 1. The van der Waals surface area contributed by atoms with E-state index in [1.165, 1.54) is 0 Å². The van der Waals surface area contributed by atoms with Crippen molar-refractivity contribution < 1.29 is 14.1 Å². The van der Waals surface area contributed by atoms with Gasteiger partial charge in [-0.15, -0.1) is 0 Å². The fraction of sp³-hybridized carbons (Fsp3) is 0.667. The Labute approximate surface area is 87.0 Å². The predicted octanol–water partition coefficient (Wildman–Crippen LogP) is 0.323. The SMILES string of the molecule is CCOC(=O)c1noc(C2CCNC2)n1. The number of ether oxygens (including phenoxy) is 1. The highest BCUT2D eigenvalue weighted by Gasteiger charge is 2.24. The summed E-state index contributed by atoms with van der Waals surface area (Å²) in [5.74, 6) is 0.223. The number of esters is 1. The molecule has 0 spiro atoms. The Morgan fingerprint density at radius 2 is 2.60 bits per heavy atom. The first kappa shape index (κ1) is 10.1. The van der Waals surface area contributed by atoms with E-state index in [-0.39, 0.29) is 11.7 Å². The molecule has 0 amide bonds. The largest absolute Gasteiger partial charge is 0.460 e. The summed E-state index contributed by atoms with van der Waals surface area (Å²) in [5, 5.41) is 6.78. The van der Waals surface area contributed by atoms with Crippen molar-refractivity contribution in [3.63, 3.8) is 0 Å². The van der Waals surface area contributed by atoms with E-state index in [9.17, 15) is 4.79 Å². The van der Waals surface area contributed by atoms with Gasteiger partial charge in [-0.3, -0.25) is 0 Å². The Bertz CT molecular complexity index is 344. The van der Waals surface area contributed by atoms with Gasteiger partial charge in [-0.2, -0.15) is 4.98 Å². The van der Waals surface area contributed by atoms with Crippen LogP contribution in [-0.4, -0.2) is 35.8 Å². The van der Waals surface area contributed by atoms with Crippen molar-refractivity contribution in [2.24, 2.45) is 0 Å². The van der Waals surface area contributed by atoms with Crippen molar-refractivity contribution in [3.8, 4) is 0 Å². The number of hydrogen-bond acceptors (Lipinski definition) is 6. The summed E-state index contributed by atoms with van der Waals surface area (Å²) in [4.78, 5) is 15.3. The minimum Gasteiger partial charge on any atom is -0.460 e. The van der Waals surface area contributed by atoms with Crippen LogP contribution in [0.1, 0.15) is 35.8 Å². The molecule has 1 atom stereocenters. The standard InChI is InChI=1S/C9H13N3O3/c1-2-14-9(13)7-11-8(15-12-7)6-3-4-10-5-6/h6,10H,2-5H2,1H3. The van der Waals surface area contributed by atoms with E-state index >= 15 is 0 Å². The number of aromatic nitrogens is 2. The molecule has 0 aromatic carbocycles. The van der Waals surface area contributed by atoms with E-state index < -0.39 is 5.97 Å². The van der Waals surface area contributed by atoms with Crippen LogP contribution in [0.15, 0.2) is 4.52 Å². The maximum Gasteiger partial charge on any atom is 0.379 e.